The number of nitrogen functional groups attached to an aromatic ring is 2. The first kappa shape index (κ1) is 14.8. The highest BCUT2D eigenvalue weighted by atomic mass is 14.6. The first-order valence-electron chi connectivity index (χ1n) is 6.23. The van der Waals surface area contributed by atoms with Crippen molar-refractivity contribution < 1.29 is 0 Å². The average Bonchev–Trinajstić information content (AvgIpc) is 2.26. The van der Waals surface area contributed by atoms with Crippen LogP contribution in [-0.2, 0) is 0 Å². The van der Waals surface area contributed by atoms with Gasteiger partial charge in [0, 0.05) is 11.4 Å². The van der Waals surface area contributed by atoms with E-state index in [4.69, 9.17) is 11.5 Å². The van der Waals surface area contributed by atoms with Gasteiger partial charge < -0.3 is 11.5 Å². The first-order valence-corrected chi connectivity index (χ1v) is 6.23. The molecule has 0 saturated heterocycles. The van der Waals surface area contributed by atoms with Crippen molar-refractivity contribution in [3.8, 4) is 0 Å². The van der Waals surface area contributed by atoms with E-state index in [-0.39, 0.29) is 0 Å². The largest absolute Gasteiger partial charge is 0.399 e. The van der Waals surface area contributed by atoms with E-state index in [9.17, 15) is 0 Å². The second-order valence-electron chi connectivity index (χ2n) is 4.18. The van der Waals surface area contributed by atoms with Crippen LogP contribution >= 0.6 is 0 Å². The molecule has 0 amide bonds. The maximum atomic E-state index is 5.53. The summed E-state index contributed by atoms with van der Waals surface area (Å²) in [7, 11) is 0. The van der Waals surface area contributed by atoms with Crippen LogP contribution in [0.3, 0.4) is 0 Å². The van der Waals surface area contributed by atoms with Crippen LogP contribution in [0.25, 0.3) is 0 Å². The third-order valence-electron chi connectivity index (χ3n) is 2.50. The Morgan fingerprint density at radius 3 is 1.88 bits per heavy atom. The van der Waals surface area contributed by atoms with Crippen LogP contribution < -0.4 is 11.5 Å². The van der Waals surface area contributed by atoms with Gasteiger partial charge in [-0.15, -0.1) is 0 Å². The highest BCUT2D eigenvalue weighted by Gasteiger charge is 1.90. The summed E-state index contributed by atoms with van der Waals surface area (Å²) in [6, 6.07) is 5.46. The second kappa shape index (κ2) is 9.08. The molecule has 0 fully saturated rings. The van der Waals surface area contributed by atoms with Crippen molar-refractivity contribution in [3.05, 3.63) is 23.8 Å². The molecule has 92 valence electrons. The Kier molecular flexibility index (Phi) is 8.41. The molecule has 0 heterocycles. The van der Waals surface area contributed by atoms with E-state index in [0.29, 0.717) is 0 Å². The summed E-state index contributed by atoms with van der Waals surface area (Å²) in [5, 5.41) is 0. The van der Waals surface area contributed by atoms with Crippen molar-refractivity contribution >= 4 is 11.4 Å². The van der Waals surface area contributed by atoms with Crippen molar-refractivity contribution in [1.29, 1.82) is 0 Å². The smallest absolute Gasteiger partial charge is 0.0345 e. The van der Waals surface area contributed by atoms with Gasteiger partial charge in [0.1, 0.15) is 0 Å². The Bertz CT molecular complexity index is 278. The topological polar surface area (TPSA) is 52.0 Å². The number of hydrogen-bond donors (Lipinski definition) is 2. The maximum Gasteiger partial charge on any atom is 0.0345 e. The highest BCUT2D eigenvalue weighted by molar-refractivity contribution is 5.54. The van der Waals surface area contributed by atoms with Gasteiger partial charge in [0.15, 0.2) is 0 Å². The summed E-state index contributed by atoms with van der Waals surface area (Å²) in [5.41, 5.74) is 13.6. The Balaban J connectivity index is 0.000000293. The zero-order valence-electron chi connectivity index (χ0n) is 10.9. The zero-order chi connectivity index (χ0) is 12.4. The lowest BCUT2D eigenvalue weighted by molar-refractivity contribution is 0.656. The number of aryl methyl sites for hydroxylation is 1. The lowest BCUT2D eigenvalue weighted by Crippen LogP contribution is -1.91. The average molecular weight is 222 g/mol. The number of hydrogen-bond acceptors (Lipinski definition) is 2. The van der Waals surface area contributed by atoms with Crippen molar-refractivity contribution in [2.24, 2.45) is 0 Å². The van der Waals surface area contributed by atoms with Crippen LogP contribution in [0.5, 0.6) is 0 Å². The predicted octanol–water partition coefficient (Wildman–Crippen LogP) is 4.14. The van der Waals surface area contributed by atoms with Gasteiger partial charge in [-0.05, 0) is 30.7 Å². The number of anilines is 2. The molecule has 2 nitrogen and oxygen atoms in total. The van der Waals surface area contributed by atoms with Gasteiger partial charge in [0.25, 0.3) is 0 Å². The fraction of sp³-hybridized carbons (Fsp3) is 0.571. The van der Waals surface area contributed by atoms with Gasteiger partial charge in [-0.25, -0.2) is 0 Å². The van der Waals surface area contributed by atoms with Gasteiger partial charge in [0.05, 0.1) is 0 Å². The zero-order valence-corrected chi connectivity index (χ0v) is 10.9. The van der Waals surface area contributed by atoms with Crippen molar-refractivity contribution in [3.63, 3.8) is 0 Å². The highest BCUT2D eigenvalue weighted by Crippen LogP contribution is 2.12. The summed E-state index contributed by atoms with van der Waals surface area (Å²) in [4.78, 5) is 0. The molecular formula is C14H26N2. The second-order valence-corrected chi connectivity index (χ2v) is 4.18. The van der Waals surface area contributed by atoms with E-state index >= 15 is 0 Å². The molecule has 0 unspecified atom stereocenters. The molecule has 0 aliphatic heterocycles. The fourth-order valence-electron chi connectivity index (χ4n) is 1.38. The molecule has 0 radical (unpaired) electrons. The molecule has 0 spiro atoms. The number of benzene rings is 1. The molecule has 1 rings (SSSR count). The SMILES string of the molecule is CCCCCCC.Cc1cc(N)ccc1N. The van der Waals surface area contributed by atoms with Crippen molar-refractivity contribution in [2.45, 2.75) is 52.9 Å². The van der Waals surface area contributed by atoms with Gasteiger partial charge in [-0.1, -0.05) is 46.0 Å². The first-order chi connectivity index (χ1) is 7.61. The van der Waals surface area contributed by atoms with Gasteiger partial charge in [-0.3, -0.25) is 0 Å². The van der Waals surface area contributed by atoms with Crippen LogP contribution in [0.2, 0.25) is 0 Å². The van der Waals surface area contributed by atoms with E-state index in [1.54, 1.807) is 6.07 Å². The lowest BCUT2D eigenvalue weighted by Gasteiger charge is -1.98. The maximum absolute atomic E-state index is 5.53. The van der Waals surface area contributed by atoms with Crippen LogP contribution in [0, 0.1) is 6.92 Å². The number of unbranched alkanes of at least 4 members (excludes halogenated alkanes) is 4. The van der Waals surface area contributed by atoms with Crippen molar-refractivity contribution in [2.75, 3.05) is 11.5 Å². The lowest BCUT2D eigenvalue weighted by atomic mass is 10.2. The molecule has 1 aromatic rings. The molecule has 0 bridgehead atoms. The van der Waals surface area contributed by atoms with E-state index in [0.717, 1.165) is 16.9 Å². The summed E-state index contributed by atoms with van der Waals surface area (Å²) < 4.78 is 0. The summed E-state index contributed by atoms with van der Waals surface area (Å²) in [5.74, 6) is 0. The Hall–Kier alpha value is -1.18. The van der Waals surface area contributed by atoms with E-state index in [1.807, 2.05) is 19.1 Å². The predicted molar refractivity (Wildman–Crippen MR) is 74.4 cm³/mol. The minimum Gasteiger partial charge on any atom is -0.399 e. The quantitative estimate of drug-likeness (QED) is 0.594. The molecule has 1 aromatic carbocycles. The number of rotatable bonds is 4. The normalized spacial score (nSPS) is 9.44. The monoisotopic (exact) mass is 222 g/mol. The van der Waals surface area contributed by atoms with E-state index < -0.39 is 0 Å². The Morgan fingerprint density at radius 1 is 0.938 bits per heavy atom. The molecule has 2 heteroatoms. The minimum absolute atomic E-state index is 0.765. The van der Waals surface area contributed by atoms with Crippen LogP contribution in [0.15, 0.2) is 18.2 Å². The van der Waals surface area contributed by atoms with Gasteiger partial charge in [0.2, 0.25) is 0 Å². The van der Waals surface area contributed by atoms with Crippen LogP contribution in [-0.4, -0.2) is 0 Å². The molecule has 0 aromatic heterocycles. The third-order valence-corrected chi connectivity index (χ3v) is 2.50. The summed E-state index contributed by atoms with van der Waals surface area (Å²) in [6.07, 6.45) is 7.01. The summed E-state index contributed by atoms with van der Waals surface area (Å²) in [6.45, 7) is 6.43. The molecule has 0 atom stereocenters. The molecule has 0 aliphatic carbocycles. The Labute approximate surface area is 100 Å². The van der Waals surface area contributed by atoms with E-state index in [1.165, 1.54) is 32.1 Å². The molecule has 4 N–H and O–H groups in total. The Morgan fingerprint density at radius 2 is 1.50 bits per heavy atom. The van der Waals surface area contributed by atoms with E-state index in [2.05, 4.69) is 13.8 Å². The summed E-state index contributed by atoms with van der Waals surface area (Å²) >= 11 is 0. The van der Waals surface area contributed by atoms with Crippen LogP contribution in [0.1, 0.15) is 51.5 Å². The fourth-order valence-corrected chi connectivity index (χ4v) is 1.38. The van der Waals surface area contributed by atoms with Gasteiger partial charge >= 0.3 is 0 Å². The molecule has 0 saturated carbocycles. The standard InChI is InChI=1S/C7H10N2.C7H16/c1-5-4-6(8)2-3-7(5)9;1-3-5-7-6-4-2/h2-4H,8-9H2,1H3;3-7H2,1-2H3. The molecule has 16 heavy (non-hydrogen) atoms. The minimum atomic E-state index is 0.765. The third kappa shape index (κ3) is 7.16. The van der Waals surface area contributed by atoms with Crippen molar-refractivity contribution in [1.82, 2.24) is 0 Å². The molecule has 0 aliphatic rings. The molecular weight excluding hydrogens is 196 g/mol. The van der Waals surface area contributed by atoms with Crippen LogP contribution in [0.4, 0.5) is 11.4 Å². The number of nitrogens with two attached hydrogens (primary N) is 2. The van der Waals surface area contributed by atoms with Gasteiger partial charge in [-0.2, -0.15) is 0 Å².